The Kier molecular flexibility index (Phi) is 8.68. The first-order valence-electron chi connectivity index (χ1n) is 14.7. The van der Waals surface area contributed by atoms with Gasteiger partial charge in [0.05, 0.1) is 23.4 Å². The summed E-state index contributed by atoms with van der Waals surface area (Å²) in [6, 6.07) is 13.1. The maximum Gasteiger partial charge on any atom is 0.261 e. The molecule has 0 radical (unpaired) electrons. The second kappa shape index (κ2) is 12.4. The van der Waals surface area contributed by atoms with Gasteiger partial charge < -0.3 is 28.8 Å². The third-order valence-electron chi connectivity index (χ3n) is 8.04. The van der Waals surface area contributed by atoms with Crippen LogP contribution in [-0.2, 0) is 16.1 Å². The largest absolute Gasteiger partial charge is 0.493 e. The van der Waals surface area contributed by atoms with E-state index in [9.17, 15) is 14.4 Å². The molecule has 1 aliphatic heterocycles. The lowest BCUT2D eigenvalue weighted by Crippen LogP contribution is -2.47. The Bertz CT molecular complexity index is 1680. The van der Waals surface area contributed by atoms with E-state index in [-0.39, 0.29) is 23.4 Å². The van der Waals surface area contributed by atoms with Gasteiger partial charge in [0, 0.05) is 50.8 Å². The molecular formula is C33H39N5O5. The minimum atomic E-state index is -1.15. The highest BCUT2D eigenvalue weighted by Crippen LogP contribution is 2.40. The molecule has 0 aliphatic carbocycles. The molecular weight excluding hydrogens is 546 g/mol. The van der Waals surface area contributed by atoms with E-state index in [0.717, 1.165) is 17.7 Å². The molecule has 0 saturated heterocycles. The SMILES string of the molecule is CCN1C(=O)C(C)(C)C(=O)N(C)c2cc(OCCCNC(CCn3ccc4oc(C)cc4c3=O)c3cccnc3)ccc21. The minimum Gasteiger partial charge on any atom is -0.493 e. The van der Waals surface area contributed by atoms with Gasteiger partial charge in [0.25, 0.3) is 5.56 Å². The van der Waals surface area contributed by atoms with E-state index in [1.807, 2.05) is 56.4 Å². The van der Waals surface area contributed by atoms with Crippen molar-refractivity contribution in [3.63, 3.8) is 0 Å². The van der Waals surface area contributed by atoms with Gasteiger partial charge in [-0.1, -0.05) is 6.07 Å². The van der Waals surface area contributed by atoms with Gasteiger partial charge in [-0.15, -0.1) is 0 Å². The maximum atomic E-state index is 13.1. The summed E-state index contributed by atoms with van der Waals surface area (Å²) in [5, 5.41) is 4.19. The molecule has 1 aromatic carbocycles. The minimum absolute atomic E-state index is 0.00421. The molecule has 226 valence electrons. The number of nitrogens with one attached hydrogen (secondary N) is 1. The zero-order valence-corrected chi connectivity index (χ0v) is 25.4. The van der Waals surface area contributed by atoms with Crippen LogP contribution in [0.1, 0.15) is 51.0 Å². The molecule has 0 fully saturated rings. The summed E-state index contributed by atoms with van der Waals surface area (Å²) in [6.07, 6.45) is 6.80. The Balaban J connectivity index is 1.21. The van der Waals surface area contributed by atoms with Crippen molar-refractivity contribution in [1.82, 2.24) is 14.9 Å². The lowest BCUT2D eigenvalue weighted by Gasteiger charge is -2.27. The molecule has 4 heterocycles. The van der Waals surface area contributed by atoms with E-state index in [0.29, 0.717) is 60.8 Å². The number of amides is 2. The number of furan rings is 1. The molecule has 5 rings (SSSR count). The smallest absolute Gasteiger partial charge is 0.261 e. The molecule has 0 spiro atoms. The lowest BCUT2D eigenvalue weighted by atomic mass is 9.90. The van der Waals surface area contributed by atoms with Gasteiger partial charge in [-0.25, -0.2) is 0 Å². The van der Waals surface area contributed by atoms with Crippen LogP contribution >= 0.6 is 0 Å². The summed E-state index contributed by atoms with van der Waals surface area (Å²) in [4.78, 5) is 46.7. The number of hydrogen-bond acceptors (Lipinski definition) is 7. The number of fused-ring (bicyclic) bond motifs is 2. The van der Waals surface area contributed by atoms with E-state index in [1.165, 1.54) is 0 Å². The van der Waals surface area contributed by atoms with Crippen LogP contribution in [0.15, 0.2) is 70.3 Å². The lowest BCUT2D eigenvalue weighted by molar-refractivity contribution is -0.137. The standard InChI is InChI=1S/C33H39N5O5/c1-6-38-27-11-10-24(20-28(27)36(5)31(40)33(3,4)32(38)41)42-18-8-15-35-26(23-9-7-14-34-21-23)12-16-37-17-13-29-25(30(37)39)19-22(2)43-29/h7,9-11,13-14,17,19-21,26,35H,6,8,12,15-16,18H2,1-5H3. The number of benzene rings is 1. The Morgan fingerprint density at radius 3 is 2.63 bits per heavy atom. The number of pyridine rings is 2. The summed E-state index contributed by atoms with van der Waals surface area (Å²) in [7, 11) is 1.70. The van der Waals surface area contributed by atoms with E-state index >= 15 is 0 Å². The zero-order chi connectivity index (χ0) is 30.7. The zero-order valence-electron chi connectivity index (χ0n) is 25.4. The molecule has 1 N–H and O–H groups in total. The third-order valence-corrected chi connectivity index (χ3v) is 8.04. The molecule has 0 bridgehead atoms. The monoisotopic (exact) mass is 585 g/mol. The predicted octanol–water partition coefficient (Wildman–Crippen LogP) is 4.84. The molecule has 1 unspecified atom stereocenters. The van der Waals surface area contributed by atoms with Crippen LogP contribution in [-0.4, -0.2) is 48.1 Å². The highest BCUT2D eigenvalue weighted by atomic mass is 16.5. The van der Waals surface area contributed by atoms with Crippen LogP contribution in [0, 0.1) is 12.3 Å². The van der Waals surface area contributed by atoms with Crippen molar-refractivity contribution in [2.24, 2.45) is 5.41 Å². The fraction of sp³-hybridized carbons (Fsp3) is 0.394. The predicted molar refractivity (Wildman–Crippen MR) is 167 cm³/mol. The molecule has 3 aromatic heterocycles. The Morgan fingerprint density at radius 2 is 1.88 bits per heavy atom. The van der Waals surface area contributed by atoms with Gasteiger partial charge in [-0.3, -0.25) is 19.4 Å². The number of anilines is 2. The van der Waals surface area contributed by atoms with Crippen molar-refractivity contribution in [2.45, 2.75) is 53.1 Å². The van der Waals surface area contributed by atoms with E-state index in [1.54, 1.807) is 53.7 Å². The number of aromatic nitrogens is 2. The van der Waals surface area contributed by atoms with Crippen molar-refractivity contribution < 1.29 is 18.7 Å². The highest BCUT2D eigenvalue weighted by Gasteiger charge is 2.45. The third kappa shape index (κ3) is 6.06. The summed E-state index contributed by atoms with van der Waals surface area (Å²) in [6.45, 7) is 9.23. The second-order valence-corrected chi connectivity index (χ2v) is 11.4. The molecule has 1 aliphatic rings. The van der Waals surface area contributed by atoms with Gasteiger partial charge in [0.15, 0.2) is 0 Å². The average molecular weight is 586 g/mol. The molecule has 2 amide bonds. The summed E-state index contributed by atoms with van der Waals surface area (Å²) in [5.41, 5.74) is 1.79. The first kappa shape index (κ1) is 30.0. The van der Waals surface area contributed by atoms with Crippen molar-refractivity contribution in [1.29, 1.82) is 0 Å². The number of carbonyl (C=O) groups is 2. The molecule has 43 heavy (non-hydrogen) atoms. The topological polar surface area (TPSA) is 110 Å². The van der Waals surface area contributed by atoms with Gasteiger partial charge in [0.2, 0.25) is 11.8 Å². The van der Waals surface area contributed by atoms with Crippen LogP contribution < -0.4 is 25.4 Å². The van der Waals surface area contributed by atoms with Crippen molar-refractivity contribution in [2.75, 3.05) is 36.5 Å². The van der Waals surface area contributed by atoms with Crippen LogP contribution in [0.4, 0.5) is 11.4 Å². The van der Waals surface area contributed by atoms with Gasteiger partial charge in [-0.2, -0.15) is 0 Å². The number of ether oxygens (including phenoxy) is 1. The van der Waals surface area contributed by atoms with Crippen LogP contribution in [0.2, 0.25) is 0 Å². The molecule has 4 aromatic rings. The van der Waals surface area contributed by atoms with Gasteiger partial charge >= 0.3 is 0 Å². The maximum absolute atomic E-state index is 13.1. The van der Waals surface area contributed by atoms with Crippen LogP contribution in [0.25, 0.3) is 11.0 Å². The number of rotatable bonds is 11. The number of nitrogens with zero attached hydrogens (tertiary/aromatic N) is 4. The molecule has 10 heteroatoms. The van der Waals surface area contributed by atoms with Crippen LogP contribution in [0.3, 0.4) is 0 Å². The summed E-state index contributed by atoms with van der Waals surface area (Å²) >= 11 is 0. The first-order chi connectivity index (χ1) is 20.6. The summed E-state index contributed by atoms with van der Waals surface area (Å²) in [5.74, 6) is 0.889. The van der Waals surface area contributed by atoms with Crippen LogP contribution in [0.5, 0.6) is 5.75 Å². The first-order valence-corrected chi connectivity index (χ1v) is 14.7. The Morgan fingerprint density at radius 1 is 1.07 bits per heavy atom. The fourth-order valence-corrected chi connectivity index (χ4v) is 5.63. The molecule has 10 nitrogen and oxygen atoms in total. The molecule has 0 saturated carbocycles. The molecule has 1 atom stereocenters. The number of aryl methyl sites for hydroxylation is 2. The fourth-order valence-electron chi connectivity index (χ4n) is 5.63. The van der Waals surface area contributed by atoms with Crippen molar-refractivity contribution in [3.8, 4) is 5.75 Å². The second-order valence-electron chi connectivity index (χ2n) is 11.4. The van der Waals surface area contributed by atoms with E-state index < -0.39 is 5.41 Å². The average Bonchev–Trinajstić information content (AvgIpc) is 3.39. The summed E-state index contributed by atoms with van der Waals surface area (Å²) < 4.78 is 13.4. The quantitative estimate of drug-likeness (QED) is 0.198. The Labute approximate surface area is 251 Å². The highest BCUT2D eigenvalue weighted by molar-refractivity contribution is 6.20. The normalized spacial score (nSPS) is 15.5. The van der Waals surface area contributed by atoms with Gasteiger partial charge in [-0.05, 0) is 83.0 Å². The Hall–Kier alpha value is -4.44. The number of carbonyl (C=O) groups excluding carboxylic acids is 2. The van der Waals surface area contributed by atoms with Crippen molar-refractivity contribution in [3.05, 3.63) is 82.7 Å². The van der Waals surface area contributed by atoms with E-state index in [4.69, 9.17) is 9.15 Å². The van der Waals surface area contributed by atoms with E-state index in [2.05, 4.69) is 10.3 Å². The van der Waals surface area contributed by atoms with Gasteiger partial charge in [0.1, 0.15) is 22.5 Å². The van der Waals surface area contributed by atoms with Crippen molar-refractivity contribution >= 4 is 34.2 Å². The number of hydrogen-bond donors (Lipinski definition) is 1.